The van der Waals surface area contributed by atoms with Crippen LogP contribution in [0.5, 0.6) is 0 Å². The lowest BCUT2D eigenvalue weighted by Crippen LogP contribution is -2.53. The van der Waals surface area contributed by atoms with Gasteiger partial charge in [0.15, 0.2) is 17.8 Å². The van der Waals surface area contributed by atoms with Crippen LogP contribution in [0.15, 0.2) is 0 Å². The van der Waals surface area contributed by atoms with Crippen LogP contribution in [0, 0.1) is 0 Å². The van der Waals surface area contributed by atoms with Gasteiger partial charge in [0.05, 0.1) is 19.4 Å². The van der Waals surface area contributed by atoms with Gasteiger partial charge < -0.3 is 28.8 Å². The molecule has 0 aromatic carbocycles. The third-order valence-corrected chi connectivity index (χ3v) is 8.49. The van der Waals surface area contributed by atoms with Crippen molar-refractivity contribution in [2.45, 2.75) is 65.0 Å². The molecule has 0 saturated carbocycles. The number of hydrogen-bond acceptors (Lipinski definition) is 12. The van der Waals surface area contributed by atoms with Gasteiger partial charge in [0.2, 0.25) is 5.79 Å². The van der Waals surface area contributed by atoms with E-state index in [9.17, 15) is 14.2 Å². The highest BCUT2D eigenvalue weighted by Crippen LogP contribution is 2.25. The Kier molecular flexibility index (Phi) is 16.5. The van der Waals surface area contributed by atoms with Crippen LogP contribution in [-0.2, 0) is 63.4 Å². The number of carbonyl (C=O) groups is 2. The Morgan fingerprint density at radius 2 is 1.51 bits per heavy atom. The summed E-state index contributed by atoms with van der Waals surface area (Å²) in [6.07, 6.45) is 0.363. The number of aliphatic hydroxyl groups is 1. The number of rotatable bonds is 19. The van der Waals surface area contributed by atoms with E-state index in [4.69, 9.17) is 33.6 Å². The zero-order chi connectivity index (χ0) is 27.1. The van der Waals surface area contributed by atoms with E-state index < -0.39 is 35.5 Å². The minimum absolute atomic E-state index is 0.0716. The summed E-state index contributed by atoms with van der Waals surface area (Å²) in [7, 11) is 2.24. The van der Waals surface area contributed by atoms with E-state index in [2.05, 4.69) is 11.2 Å². The van der Waals surface area contributed by atoms with Gasteiger partial charge in [-0.05, 0) is 47.9 Å². The maximum Gasteiger partial charge on any atom is 0.340 e. The van der Waals surface area contributed by atoms with Crippen molar-refractivity contribution in [2.75, 3.05) is 59.4 Å². The smallest absolute Gasteiger partial charge is 0.340 e. The molecule has 0 saturated heterocycles. The predicted octanol–water partition coefficient (Wildman–Crippen LogP) is 1.95. The highest BCUT2D eigenvalue weighted by Gasteiger charge is 2.44. The van der Waals surface area contributed by atoms with Crippen LogP contribution in [0.2, 0.25) is 0 Å². The molecule has 0 aliphatic rings. The van der Waals surface area contributed by atoms with Gasteiger partial charge in [-0.25, -0.2) is 9.59 Å². The van der Waals surface area contributed by atoms with Gasteiger partial charge in [-0.3, -0.25) is 9.40 Å². The van der Waals surface area contributed by atoms with Crippen molar-refractivity contribution in [1.29, 1.82) is 0 Å². The number of carbonyl (C=O) groups excluding carboxylic acids is 2. The lowest BCUT2D eigenvalue weighted by atomic mass is 10.0. The van der Waals surface area contributed by atoms with Gasteiger partial charge >= 0.3 is 11.9 Å². The maximum absolute atomic E-state index is 12.8. The van der Waals surface area contributed by atoms with Gasteiger partial charge in [-0.15, -0.1) is 0 Å². The number of esters is 2. The van der Waals surface area contributed by atoms with Crippen LogP contribution >= 0.6 is 6.58 Å². The van der Waals surface area contributed by atoms with Crippen LogP contribution < -0.4 is 0 Å². The van der Waals surface area contributed by atoms with Crippen LogP contribution in [0.1, 0.15) is 48.0 Å². The number of aliphatic hydroxyl groups excluding tert-OH is 1. The van der Waals surface area contributed by atoms with Gasteiger partial charge in [-0.2, -0.15) is 5.06 Å². The third kappa shape index (κ3) is 11.9. The molecule has 0 bridgehead atoms. The summed E-state index contributed by atoms with van der Waals surface area (Å²) in [5, 5.41) is 10.7. The lowest BCUT2D eigenvalue weighted by Gasteiger charge is -2.37. The second-order valence-corrected chi connectivity index (χ2v) is 12.3. The normalized spacial score (nSPS) is 17.1. The molecule has 0 aliphatic carbocycles. The van der Waals surface area contributed by atoms with Crippen molar-refractivity contribution in [3.63, 3.8) is 0 Å². The maximum atomic E-state index is 12.8. The molecule has 0 fully saturated rings. The third-order valence-electron chi connectivity index (χ3n) is 5.23. The number of methoxy groups -OCH3 is 1. The van der Waals surface area contributed by atoms with Gasteiger partial charge in [0, 0.05) is 20.2 Å². The molecule has 0 heterocycles. The minimum Gasteiger partial charge on any atom is -0.463 e. The molecule has 0 aliphatic heterocycles. The van der Waals surface area contributed by atoms with Gasteiger partial charge in [0.25, 0.3) is 0 Å². The van der Waals surface area contributed by atoms with E-state index in [0.29, 0.717) is 13.1 Å². The molecule has 0 amide bonds. The highest BCUT2D eigenvalue weighted by atomic mass is 32.9. The molecule has 0 rings (SSSR count). The molecule has 14 heteroatoms. The number of nitrogens with zero attached hydrogens (tertiary/aromatic N) is 1. The van der Waals surface area contributed by atoms with Crippen LogP contribution in [0.4, 0.5) is 0 Å². The Labute approximate surface area is 216 Å². The lowest BCUT2D eigenvalue weighted by molar-refractivity contribution is -0.348. The number of hydrogen-bond donors (Lipinski definition) is 1. The van der Waals surface area contributed by atoms with Crippen molar-refractivity contribution in [3.05, 3.63) is 0 Å². The SMILES string of the molecule is CCN(CC)OC(C)(COC(C)(COC(C)(CC)C(=O)OCCP(=O)=S=S)C(=O)OCCO)OC. The molecule has 0 aromatic heterocycles. The van der Waals surface area contributed by atoms with E-state index in [0.717, 1.165) is 9.50 Å². The molecule has 11 nitrogen and oxygen atoms in total. The fraction of sp³-hybridized carbons (Fsp3) is 0.905. The average Bonchev–Trinajstić information content (AvgIpc) is 2.87. The Hall–Kier alpha value is -0.760. The summed E-state index contributed by atoms with van der Waals surface area (Å²) < 4.78 is 39.1. The molecule has 0 aromatic rings. The summed E-state index contributed by atoms with van der Waals surface area (Å²) in [6.45, 7) is 8.51. The molecule has 0 spiro atoms. The Bertz CT molecular complexity index is 773. The Balaban J connectivity index is 5.56. The first-order valence-electron chi connectivity index (χ1n) is 11.4. The van der Waals surface area contributed by atoms with Crippen LogP contribution in [0.25, 0.3) is 0 Å². The fourth-order valence-electron chi connectivity index (χ4n) is 2.49. The largest absolute Gasteiger partial charge is 0.463 e. The first-order chi connectivity index (χ1) is 16.4. The van der Waals surface area contributed by atoms with Crippen LogP contribution in [0.3, 0.4) is 0 Å². The molecule has 4 atom stereocenters. The average molecular weight is 562 g/mol. The second-order valence-electron chi connectivity index (χ2n) is 8.06. The van der Waals surface area contributed by atoms with Crippen molar-refractivity contribution in [1.82, 2.24) is 5.06 Å². The van der Waals surface area contributed by atoms with Gasteiger partial charge in [-0.1, -0.05) is 20.8 Å². The molecule has 1 N–H and O–H groups in total. The molecular formula is C21H40NO10PS2. The van der Waals surface area contributed by atoms with Crippen molar-refractivity contribution in [3.8, 4) is 0 Å². The summed E-state index contributed by atoms with van der Waals surface area (Å²) in [6, 6.07) is 0. The zero-order valence-corrected chi connectivity index (χ0v) is 24.2. The Morgan fingerprint density at radius 1 is 0.971 bits per heavy atom. The predicted molar refractivity (Wildman–Crippen MR) is 135 cm³/mol. The van der Waals surface area contributed by atoms with Crippen LogP contribution in [-0.4, -0.2) is 98.5 Å². The number of hydroxylamine groups is 2. The highest BCUT2D eigenvalue weighted by molar-refractivity contribution is 8.32. The summed E-state index contributed by atoms with van der Waals surface area (Å²) in [5.41, 5.74) is -3.07. The second kappa shape index (κ2) is 16.9. The minimum atomic E-state index is -1.68. The summed E-state index contributed by atoms with van der Waals surface area (Å²) in [5.74, 6) is -2.69. The van der Waals surface area contributed by atoms with Crippen molar-refractivity contribution in [2.24, 2.45) is 0 Å². The first kappa shape index (κ1) is 34.2. The standard InChI is InChI=1S/C21H40NO10PS2/c1-8-19(4,17(24)29-13-14-33(26)35-34)30-15-20(5,18(25)28-12-11-23)31-16-21(6,27-7)32-22(9-2)10-3/h23H,8-16H2,1-7H3. The van der Waals surface area contributed by atoms with Crippen molar-refractivity contribution >= 4 is 39.2 Å². The molecule has 35 heavy (non-hydrogen) atoms. The molecule has 4 unspecified atom stereocenters. The number of ether oxygens (including phenoxy) is 5. The van der Waals surface area contributed by atoms with E-state index in [-0.39, 0.29) is 45.6 Å². The monoisotopic (exact) mass is 561 g/mol. The molecule has 0 radical (unpaired) electrons. The first-order valence-corrected chi connectivity index (χ1v) is 15.1. The van der Waals surface area contributed by atoms with E-state index in [1.807, 2.05) is 13.8 Å². The summed E-state index contributed by atoms with van der Waals surface area (Å²) in [4.78, 5) is 31.4. The van der Waals surface area contributed by atoms with E-state index in [1.54, 1.807) is 18.9 Å². The van der Waals surface area contributed by atoms with E-state index >= 15 is 0 Å². The van der Waals surface area contributed by atoms with E-state index in [1.165, 1.54) is 21.0 Å². The van der Waals surface area contributed by atoms with Crippen molar-refractivity contribution < 1.29 is 47.8 Å². The summed E-state index contributed by atoms with van der Waals surface area (Å²) >= 11 is 4.66. The topological polar surface area (TPSA) is 130 Å². The molecule has 206 valence electrons. The van der Waals surface area contributed by atoms with Gasteiger partial charge in [0.1, 0.15) is 19.8 Å². The quantitative estimate of drug-likeness (QED) is 0.107. The fourth-order valence-corrected chi connectivity index (χ4v) is 3.93. The Morgan fingerprint density at radius 3 is 2.00 bits per heavy atom. The molecular weight excluding hydrogens is 521 g/mol. The zero-order valence-electron chi connectivity index (χ0n) is 21.7.